The van der Waals surface area contributed by atoms with Crippen LogP contribution in [-0.4, -0.2) is 8.42 Å². The zero-order valence-electron chi connectivity index (χ0n) is 6.40. The Bertz CT molecular complexity index is 411. The van der Waals surface area contributed by atoms with Gasteiger partial charge in [0.15, 0.2) is 9.84 Å². The van der Waals surface area contributed by atoms with E-state index in [1.165, 1.54) is 0 Å². The van der Waals surface area contributed by atoms with Crippen LogP contribution in [0, 0.1) is 0 Å². The first-order valence-electron chi connectivity index (χ1n) is 3.66. The van der Waals surface area contributed by atoms with Crippen LogP contribution in [0.15, 0.2) is 24.3 Å². The number of fused-ring (bicyclic) bond motifs is 1. The second-order valence-corrected chi connectivity index (χ2v) is 5.05. The summed E-state index contributed by atoms with van der Waals surface area (Å²) < 4.78 is 22.6. The molecule has 4 heteroatoms. The molecule has 0 spiro atoms. The van der Waals surface area contributed by atoms with Gasteiger partial charge < -0.3 is 5.73 Å². The van der Waals surface area contributed by atoms with Gasteiger partial charge in [0.1, 0.15) is 5.37 Å². The fourth-order valence-electron chi connectivity index (χ4n) is 1.44. The molecule has 1 heterocycles. The highest BCUT2D eigenvalue weighted by molar-refractivity contribution is 7.91. The van der Waals surface area contributed by atoms with Crippen LogP contribution in [0.4, 0.5) is 0 Å². The van der Waals surface area contributed by atoms with Crippen LogP contribution >= 0.6 is 0 Å². The number of sulfone groups is 1. The van der Waals surface area contributed by atoms with Crippen molar-refractivity contribution in [3.63, 3.8) is 0 Å². The van der Waals surface area contributed by atoms with Crippen LogP contribution in [0.1, 0.15) is 16.5 Å². The van der Waals surface area contributed by atoms with E-state index < -0.39 is 15.2 Å². The van der Waals surface area contributed by atoms with Gasteiger partial charge in [-0.3, -0.25) is 0 Å². The molecule has 3 nitrogen and oxygen atoms in total. The Morgan fingerprint density at radius 2 is 2.00 bits per heavy atom. The first kappa shape index (κ1) is 7.76. The summed E-state index contributed by atoms with van der Waals surface area (Å²) in [5.41, 5.74) is 7.12. The van der Waals surface area contributed by atoms with Crippen LogP contribution in [0.5, 0.6) is 0 Å². The fourth-order valence-corrected chi connectivity index (χ4v) is 2.94. The molecule has 2 N–H and O–H groups in total. The van der Waals surface area contributed by atoms with Gasteiger partial charge in [0.05, 0.1) is 5.75 Å². The molecule has 0 bridgehead atoms. The van der Waals surface area contributed by atoms with E-state index in [-0.39, 0.29) is 5.75 Å². The van der Waals surface area contributed by atoms with Gasteiger partial charge in [0.25, 0.3) is 0 Å². The maximum atomic E-state index is 11.3. The molecule has 1 aromatic carbocycles. The first-order valence-corrected chi connectivity index (χ1v) is 5.38. The predicted molar refractivity (Wildman–Crippen MR) is 46.0 cm³/mol. The number of benzene rings is 1. The van der Waals surface area contributed by atoms with Crippen molar-refractivity contribution in [3.05, 3.63) is 35.4 Å². The third-order valence-electron chi connectivity index (χ3n) is 2.11. The molecule has 0 fully saturated rings. The van der Waals surface area contributed by atoms with Gasteiger partial charge in [-0.25, -0.2) is 8.42 Å². The van der Waals surface area contributed by atoms with E-state index in [2.05, 4.69) is 0 Å². The molecule has 0 aromatic heterocycles. The van der Waals surface area contributed by atoms with Crippen LogP contribution in [0.2, 0.25) is 0 Å². The zero-order valence-corrected chi connectivity index (χ0v) is 7.21. The van der Waals surface area contributed by atoms with Crippen LogP contribution in [0.3, 0.4) is 0 Å². The number of hydrogen-bond acceptors (Lipinski definition) is 3. The molecule has 1 unspecified atom stereocenters. The summed E-state index contributed by atoms with van der Waals surface area (Å²) in [5, 5.41) is -0.811. The summed E-state index contributed by atoms with van der Waals surface area (Å²) in [6.07, 6.45) is 0. The Morgan fingerprint density at radius 3 is 2.67 bits per heavy atom. The van der Waals surface area contributed by atoms with Gasteiger partial charge in [-0.2, -0.15) is 0 Å². The molecule has 1 aliphatic rings. The topological polar surface area (TPSA) is 60.2 Å². The molecule has 1 aromatic rings. The highest BCUT2D eigenvalue weighted by Crippen LogP contribution is 2.31. The molecule has 12 heavy (non-hydrogen) atoms. The monoisotopic (exact) mass is 183 g/mol. The standard InChI is InChI=1S/C8H9NO2S/c9-8-7-4-2-1-3-6(7)5-12(8,10)11/h1-4,8H,5,9H2. The fraction of sp³-hybridized carbons (Fsp3) is 0.250. The van der Waals surface area contributed by atoms with Crippen molar-refractivity contribution >= 4 is 9.84 Å². The van der Waals surface area contributed by atoms with E-state index in [1.54, 1.807) is 18.2 Å². The maximum absolute atomic E-state index is 11.3. The summed E-state index contributed by atoms with van der Waals surface area (Å²) in [4.78, 5) is 0. The van der Waals surface area contributed by atoms with Gasteiger partial charge in [0, 0.05) is 0 Å². The van der Waals surface area contributed by atoms with E-state index >= 15 is 0 Å². The average molecular weight is 183 g/mol. The van der Waals surface area contributed by atoms with Gasteiger partial charge in [-0.15, -0.1) is 0 Å². The Kier molecular flexibility index (Phi) is 1.49. The van der Waals surface area contributed by atoms with E-state index in [0.29, 0.717) is 0 Å². The van der Waals surface area contributed by atoms with Crippen LogP contribution in [-0.2, 0) is 15.6 Å². The minimum absolute atomic E-state index is 0.0876. The van der Waals surface area contributed by atoms with Gasteiger partial charge >= 0.3 is 0 Å². The number of nitrogens with two attached hydrogens (primary N) is 1. The molecule has 0 aliphatic carbocycles. The summed E-state index contributed by atoms with van der Waals surface area (Å²) in [6, 6.07) is 7.20. The normalized spacial score (nSPS) is 25.2. The summed E-state index contributed by atoms with van der Waals surface area (Å²) >= 11 is 0. The Labute approximate surface area is 71.1 Å². The van der Waals surface area contributed by atoms with Crippen molar-refractivity contribution in [2.45, 2.75) is 11.1 Å². The SMILES string of the molecule is NC1c2ccccc2CS1(=O)=O. The Morgan fingerprint density at radius 1 is 1.33 bits per heavy atom. The molecule has 1 aliphatic heterocycles. The smallest absolute Gasteiger partial charge is 0.174 e. The molecule has 1 atom stereocenters. The highest BCUT2D eigenvalue weighted by Gasteiger charge is 2.32. The third kappa shape index (κ3) is 0.956. The van der Waals surface area contributed by atoms with Crippen LogP contribution in [0.25, 0.3) is 0 Å². The van der Waals surface area contributed by atoms with Gasteiger partial charge in [-0.1, -0.05) is 24.3 Å². The lowest BCUT2D eigenvalue weighted by atomic mass is 10.1. The largest absolute Gasteiger partial charge is 0.311 e. The average Bonchev–Trinajstić information content (AvgIpc) is 2.24. The number of hydrogen-bond donors (Lipinski definition) is 1. The lowest BCUT2D eigenvalue weighted by molar-refractivity contribution is 0.588. The molecule has 0 saturated carbocycles. The van der Waals surface area contributed by atoms with Gasteiger partial charge in [0.2, 0.25) is 0 Å². The minimum Gasteiger partial charge on any atom is -0.311 e. The molecule has 64 valence electrons. The number of rotatable bonds is 0. The second-order valence-electron chi connectivity index (χ2n) is 2.93. The lowest BCUT2D eigenvalue weighted by Gasteiger charge is -2.01. The molecule has 2 rings (SSSR count). The van der Waals surface area contributed by atoms with Crippen molar-refractivity contribution in [1.82, 2.24) is 0 Å². The summed E-state index contributed by atoms with van der Waals surface area (Å²) in [6.45, 7) is 0. The van der Waals surface area contributed by atoms with Gasteiger partial charge in [-0.05, 0) is 11.1 Å². The van der Waals surface area contributed by atoms with Crippen molar-refractivity contribution in [2.75, 3.05) is 0 Å². The molecular formula is C8H9NO2S. The van der Waals surface area contributed by atoms with Crippen molar-refractivity contribution in [2.24, 2.45) is 5.73 Å². The van der Waals surface area contributed by atoms with E-state index in [0.717, 1.165) is 11.1 Å². The Hall–Kier alpha value is -0.870. The quantitative estimate of drug-likeness (QED) is 0.639. The van der Waals surface area contributed by atoms with Crippen molar-refractivity contribution in [3.8, 4) is 0 Å². The highest BCUT2D eigenvalue weighted by atomic mass is 32.2. The van der Waals surface area contributed by atoms with Crippen molar-refractivity contribution < 1.29 is 8.42 Å². The summed E-state index contributed by atoms with van der Waals surface area (Å²) in [7, 11) is -3.11. The Balaban J connectivity index is 2.64. The van der Waals surface area contributed by atoms with E-state index in [9.17, 15) is 8.42 Å². The predicted octanol–water partition coefficient (Wildman–Crippen LogP) is 0.572. The van der Waals surface area contributed by atoms with Crippen molar-refractivity contribution in [1.29, 1.82) is 0 Å². The van der Waals surface area contributed by atoms with Crippen LogP contribution < -0.4 is 5.73 Å². The molecule has 0 amide bonds. The summed E-state index contributed by atoms with van der Waals surface area (Å²) in [5.74, 6) is 0.0876. The first-order chi connectivity index (χ1) is 5.61. The second kappa shape index (κ2) is 2.31. The third-order valence-corrected chi connectivity index (χ3v) is 3.85. The van der Waals surface area contributed by atoms with E-state index in [1.807, 2.05) is 6.07 Å². The molecular weight excluding hydrogens is 174 g/mol. The maximum Gasteiger partial charge on any atom is 0.174 e. The zero-order chi connectivity index (χ0) is 8.77. The minimum atomic E-state index is -3.11. The van der Waals surface area contributed by atoms with E-state index in [4.69, 9.17) is 5.73 Å². The molecule has 0 radical (unpaired) electrons. The molecule has 0 saturated heterocycles. The lowest BCUT2D eigenvalue weighted by Crippen LogP contribution is -2.16.